The molecule has 0 amide bonds. The summed E-state index contributed by atoms with van der Waals surface area (Å²) in [4.78, 5) is 7.24. The number of nitrogens with one attached hydrogen (secondary N) is 1. The van der Waals surface area contributed by atoms with Crippen LogP contribution in [0.4, 0.5) is 0 Å². The van der Waals surface area contributed by atoms with Crippen LogP contribution in [0.25, 0.3) is 10.9 Å². The number of benzene rings is 2. The van der Waals surface area contributed by atoms with Gasteiger partial charge in [0.1, 0.15) is 28.9 Å². The fourth-order valence-corrected chi connectivity index (χ4v) is 4.90. The summed E-state index contributed by atoms with van der Waals surface area (Å²) in [6.07, 6.45) is 4.40. The van der Waals surface area contributed by atoms with Gasteiger partial charge in [0, 0.05) is 12.6 Å². The minimum absolute atomic E-state index is 0.662. The molecule has 1 fully saturated rings. The molecule has 0 bridgehead atoms. The molecular formula is C21H25N2O3S+. The second-order valence-corrected chi connectivity index (χ2v) is 8.33. The Morgan fingerprint density at radius 2 is 1.96 bits per heavy atom. The zero-order valence-electron chi connectivity index (χ0n) is 15.5. The first-order valence-electron chi connectivity index (χ1n) is 9.33. The number of nitrogens with zero attached hydrogens (tertiary/aromatic N) is 1. The average Bonchev–Trinajstić information content (AvgIpc) is 3.37. The number of aromatic nitrogens is 1. The summed E-state index contributed by atoms with van der Waals surface area (Å²) in [6, 6.07) is 13.3. The van der Waals surface area contributed by atoms with Crippen LogP contribution in [0, 0.1) is 0 Å². The molecule has 1 saturated heterocycles. The van der Waals surface area contributed by atoms with Crippen LogP contribution >= 0.6 is 0 Å². The largest absolute Gasteiger partial charge is 0.497 e. The summed E-state index contributed by atoms with van der Waals surface area (Å²) in [5.41, 5.74) is 0.903. The van der Waals surface area contributed by atoms with Crippen molar-refractivity contribution >= 4 is 21.7 Å². The number of likely N-dealkylation sites (tertiary alicyclic amines) is 1. The summed E-state index contributed by atoms with van der Waals surface area (Å²) < 4.78 is 24.4. The molecule has 2 aromatic carbocycles. The lowest BCUT2D eigenvalue weighted by molar-refractivity contribution is 0.239. The van der Waals surface area contributed by atoms with Gasteiger partial charge in [-0.25, -0.2) is 0 Å². The highest BCUT2D eigenvalue weighted by molar-refractivity contribution is 7.85. The Bertz CT molecular complexity index is 948. The third-order valence-corrected chi connectivity index (χ3v) is 6.58. The van der Waals surface area contributed by atoms with Crippen molar-refractivity contribution in [3.63, 3.8) is 0 Å². The van der Waals surface area contributed by atoms with E-state index in [2.05, 4.69) is 9.88 Å². The number of thiol groups is 1. The second kappa shape index (κ2) is 8.15. The molecule has 6 heteroatoms. The number of methoxy groups -OCH3 is 1. The van der Waals surface area contributed by atoms with E-state index in [0.717, 1.165) is 33.0 Å². The Morgan fingerprint density at radius 1 is 1.15 bits per heavy atom. The van der Waals surface area contributed by atoms with E-state index in [9.17, 15) is 4.21 Å². The molecule has 0 aliphatic carbocycles. The van der Waals surface area contributed by atoms with Crippen LogP contribution in [-0.4, -0.2) is 43.2 Å². The molecule has 0 spiro atoms. The third kappa shape index (κ3) is 3.87. The highest BCUT2D eigenvalue weighted by atomic mass is 32.2. The molecule has 27 heavy (non-hydrogen) atoms. The van der Waals surface area contributed by atoms with Crippen molar-refractivity contribution in [1.82, 2.24) is 9.88 Å². The summed E-state index contributed by atoms with van der Waals surface area (Å²) in [5.74, 6) is 1.52. The molecule has 1 N–H and O–H groups in total. The number of fused-ring (bicyclic) bond motifs is 1. The average molecular weight is 386 g/mol. The molecular weight excluding hydrogens is 360 g/mol. The van der Waals surface area contributed by atoms with Crippen molar-refractivity contribution < 1.29 is 13.7 Å². The van der Waals surface area contributed by atoms with E-state index < -0.39 is 10.8 Å². The first-order valence-corrected chi connectivity index (χ1v) is 10.6. The Kier molecular flexibility index (Phi) is 5.45. The van der Waals surface area contributed by atoms with Gasteiger partial charge in [0.2, 0.25) is 0 Å². The van der Waals surface area contributed by atoms with Gasteiger partial charge in [-0.15, -0.1) is 0 Å². The van der Waals surface area contributed by atoms with E-state index in [1.54, 1.807) is 7.11 Å². The van der Waals surface area contributed by atoms with Gasteiger partial charge >= 0.3 is 0 Å². The van der Waals surface area contributed by atoms with Gasteiger partial charge in [0.05, 0.1) is 24.2 Å². The lowest BCUT2D eigenvalue weighted by atomic mass is 10.2. The Labute approximate surface area is 161 Å². The lowest BCUT2D eigenvalue weighted by Crippen LogP contribution is -2.25. The predicted molar refractivity (Wildman–Crippen MR) is 108 cm³/mol. The number of hydrogen-bond donors (Lipinski definition) is 1. The van der Waals surface area contributed by atoms with Crippen LogP contribution in [0.5, 0.6) is 11.5 Å². The van der Waals surface area contributed by atoms with E-state index >= 15 is 0 Å². The van der Waals surface area contributed by atoms with Gasteiger partial charge in [-0.05, 0) is 50.2 Å². The maximum absolute atomic E-state index is 13.1. The topological polar surface area (TPSA) is 54.6 Å². The maximum atomic E-state index is 13.1. The molecule has 1 atom stereocenters. The fourth-order valence-electron chi connectivity index (χ4n) is 3.57. The van der Waals surface area contributed by atoms with Gasteiger partial charge in [-0.3, -0.25) is 4.90 Å². The van der Waals surface area contributed by atoms with Crippen LogP contribution < -0.4 is 9.47 Å². The van der Waals surface area contributed by atoms with Gasteiger partial charge < -0.3 is 14.5 Å². The van der Waals surface area contributed by atoms with Crippen molar-refractivity contribution in [3.05, 3.63) is 48.7 Å². The second-order valence-electron chi connectivity index (χ2n) is 6.75. The van der Waals surface area contributed by atoms with Crippen LogP contribution in [-0.2, 0) is 15.0 Å². The Morgan fingerprint density at radius 3 is 2.78 bits per heavy atom. The predicted octanol–water partition coefficient (Wildman–Crippen LogP) is 3.77. The minimum Gasteiger partial charge on any atom is -0.497 e. The SMILES string of the molecule is COc1cccc([SH+](=O)c2c[nH]c3c(OCCN4CCCC4)cccc23)c1. The monoisotopic (exact) mass is 385 g/mol. The summed E-state index contributed by atoms with van der Waals surface area (Å²) in [5, 5.41) is 0.942. The number of hydrogen-bond acceptors (Lipinski definition) is 4. The molecule has 0 saturated carbocycles. The number of ether oxygens (including phenoxy) is 2. The summed E-state index contributed by atoms with van der Waals surface area (Å²) in [7, 11) is -0.0984. The standard InChI is InChI=1S/C21H24N2O3S/c1-25-16-6-4-7-17(14-16)27(24)20-15-22-21-18(20)8-5-9-19(21)26-13-12-23-10-2-3-11-23/h4-9,14-15,22H,2-3,10-13H2,1H3/p+1. The number of H-pyrrole nitrogens is 1. The number of para-hydroxylation sites is 1. The number of aromatic amines is 1. The van der Waals surface area contributed by atoms with Gasteiger partial charge in [0.25, 0.3) is 0 Å². The van der Waals surface area contributed by atoms with Crippen LogP contribution in [0.1, 0.15) is 12.8 Å². The Balaban J connectivity index is 1.55. The normalized spacial score (nSPS) is 15.9. The van der Waals surface area contributed by atoms with E-state index in [1.165, 1.54) is 25.9 Å². The fraction of sp³-hybridized carbons (Fsp3) is 0.333. The molecule has 1 aliphatic heterocycles. The molecule has 5 nitrogen and oxygen atoms in total. The van der Waals surface area contributed by atoms with E-state index in [1.807, 2.05) is 48.7 Å². The smallest absolute Gasteiger partial charge is 0.186 e. The highest BCUT2D eigenvalue weighted by Gasteiger charge is 2.21. The summed E-state index contributed by atoms with van der Waals surface area (Å²) >= 11 is 0. The molecule has 1 aliphatic rings. The molecule has 142 valence electrons. The first kappa shape index (κ1) is 18.1. The molecule has 0 radical (unpaired) electrons. The van der Waals surface area contributed by atoms with Crippen LogP contribution in [0.15, 0.2) is 58.5 Å². The zero-order chi connectivity index (χ0) is 18.6. The third-order valence-electron chi connectivity index (χ3n) is 5.03. The first-order chi connectivity index (χ1) is 13.3. The van der Waals surface area contributed by atoms with Crippen molar-refractivity contribution in [2.24, 2.45) is 0 Å². The Hall–Kier alpha value is -2.31. The van der Waals surface area contributed by atoms with Crippen molar-refractivity contribution in [1.29, 1.82) is 0 Å². The van der Waals surface area contributed by atoms with Gasteiger partial charge in [0.15, 0.2) is 9.79 Å². The highest BCUT2D eigenvalue weighted by Crippen LogP contribution is 2.32. The number of rotatable bonds is 7. The van der Waals surface area contributed by atoms with Gasteiger partial charge in [-0.2, -0.15) is 0 Å². The summed E-state index contributed by atoms with van der Waals surface area (Å²) in [6.45, 7) is 3.94. The van der Waals surface area contributed by atoms with E-state index in [0.29, 0.717) is 12.4 Å². The molecule has 2 heterocycles. The van der Waals surface area contributed by atoms with Crippen molar-refractivity contribution in [2.45, 2.75) is 22.6 Å². The maximum Gasteiger partial charge on any atom is 0.186 e. The molecule has 3 aromatic rings. The van der Waals surface area contributed by atoms with Crippen LogP contribution in [0.3, 0.4) is 0 Å². The molecule has 1 aromatic heterocycles. The van der Waals surface area contributed by atoms with Crippen LogP contribution in [0.2, 0.25) is 0 Å². The van der Waals surface area contributed by atoms with E-state index in [-0.39, 0.29) is 0 Å². The lowest BCUT2D eigenvalue weighted by Gasteiger charge is -2.15. The van der Waals surface area contributed by atoms with Gasteiger partial charge in [-0.1, -0.05) is 16.3 Å². The van der Waals surface area contributed by atoms with Crippen molar-refractivity contribution in [3.8, 4) is 11.5 Å². The van der Waals surface area contributed by atoms with Crippen molar-refractivity contribution in [2.75, 3.05) is 33.4 Å². The minimum atomic E-state index is -1.71. The molecule has 4 rings (SSSR count). The molecule has 1 unspecified atom stereocenters. The zero-order valence-corrected chi connectivity index (χ0v) is 16.4. The quantitative estimate of drug-likeness (QED) is 0.497. The van der Waals surface area contributed by atoms with E-state index in [4.69, 9.17) is 9.47 Å².